The number of hydrogen-bond donors (Lipinski definition) is 1. The van der Waals surface area contributed by atoms with Crippen molar-refractivity contribution in [1.82, 2.24) is 4.98 Å². The van der Waals surface area contributed by atoms with Crippen molar-refractivity contribution in [2.45, 2.75) is 17.3 Å². The van der Waals surface area contributed by atoms with Crippen LogP contribution in [-0.2, 0) is 0 Å². The minimum Gasteiger partial charge on any atom is -0.371 e. The maximum atomic E-state index is 4.21. The van der Waals surface area contributed by atoms with Crippen LogP contribution in [0.15, 0.2) is 23.4 Å². The molecule has 1 N–H and O–H groups in total. The zero-order valence-electron chi connectivity index (χ0n) is 5.66. The smallest absolute Gasteiger partial charge is 0.121 e. The van der Waals surface area contributed by atoms with E-state index >= 15 is 0 Å². The fourth-order valence-corrected chi connectivity index (χ4v) is 1.91. The molecular formula is C7H8N2S. The number of rotatable bonds is 0. The minimum atomic E-state index is 0.477. The molecule has 0 spiro atoms. The number of thioether (sulfide) groups is 1. The molecule has 3 heteroatoms. The number of anilines is 1. The van der Waals surface area contributed by atoms with E-state index in [1.165, 1.54) is 5.69 Å². The van der Waals surface area contributed by atoms with Crippen LogP contribution in [-0.4, -0.2) is 10.4 Å². The van der Waals surface area contributed by atoms with Crippen LogP contribution in [0.4, 0.5) is 5.69 Å². The molecule has 0 fully saturated rings. The highest BCUT2D eigenvalue weighted by atomic mass is 32.2. The molecule has 1 aromatic rings. The fourth-order valence-electron chi connectivity index (χ4n) is 1.01. The first-order valence-corrected chi connectivity index (χ1v) is 4.12. The number of nitrogens with zero attached hydrogens (tertiary/aromatic N) is 1. The van der Waals surface area contributed by atoms with Gasteiger partial charge in [0, 0.05) is 6.20 Å². The maximum Gasteiger partial charge on any atom is 0.121 e. The molecular weight excluding hydrogens is 144 g/mol. The quantitative estimate of drug-likeness (QED) is 0.615. The van der Waals surface area contributed by atoms with Crippen LogP contribution >= 0.6 is 11.8 Å². The molecule has 10 heavy (non-hydrogen) atoms. The SMILES string of the molecule is CC1Nc2cccnc2S1. The molecule has 0 aromatic carbocycles. The molecule has 0 saturated carbocycles. The second kappa shape index (κ2) is 2.16. The van der Waals surface area contributed by atoms with E-state index in [1.54, 1.807) is 11.8 Å². The maximum absolute atomic E-state index is 4.21. The number of pyridine rings is 1. The van der Waals surface area contributed by atoms with Gasteiger partial charge in [0.05, 0.1) is 11.1 Å². The van der Waals surface area contributed by atoms with Crippen LogP contribution in [0.2, 0.25) is 0 Å². The van der Waals surface area contributed by atoms with Gasteiger partial charge in [-0.05, 0) is 19.1 Å². The zero-order chi connectivity index (χ0) is 6.97. The zero-order valence-corrected chi connectivity index (χ0v) is 6.48. The Bertz CT molecular complexity index is 224. The summed E-state index contributed by atoms with van der Waals surface area (Å²) in [4.78, 5) is 4.21. The molecule has 0 amide bonds. The molecule has 1 atom stereocenters. The van der Waals surface area contributed by atoms with Gasteiger partial charge in [0.25, 0.3) is 0 Å². The Morgan fingerprint density at radius 1 is 1.70 bits per heavy atom. The fraction of sp³-hybridized carbons (Fsp3) is 0.286. The van der Waals surface area contributed by atoms with Gasteiger partial charge in [-0.3, -0.25) is 0 Å². The first kappa shape index (κ1) is 6.04. The van der Waals surface area contributed by atoms with E-state index in [4.69, 9.17) is 0 Å². The number of nitrogens with one attached hydrogen (secondary N) is 1. The molecule has 0 radical (unpaired) electrons. The lowest BCUT2D eigenvalue weighted by Gasteiger charge is -1.98. The highest BCUT2D eigenvalue weighted by Crippen LogP contribution is 2.35. The van der Waals surface area contributed by atoms with Crippen molar-refractivity contribution in [1.29, 1.82) is 0 Å². The van der Waals surface area contributed by atoms with Gasteiger partial charge in [0.1, 0.15) is 5.03 Å². The lowest BCUT2D eigenvalue weighted by molar-refractivity contribution is 1.12. The van der Waals surface area contributed by atoms with Crippen LogP contribution < -0.4 is 5.32 Å². The summed E-state index contributed by atoms with van der Waals surface area (Å²) in [6.07, 6.45) is 1.82. The van der Waals surface area contributed by atoms with E-state index in [1.807, 2.05) is 12.3 Å². The number of aromatic nitrogens is 1. The second-order valence-electron chi connectivity index (χ2n) is 2.26. The van der Waals surface area contributed by atoms with Crippen LogP contribution in [0.1, 0.15) is 6.92 Å². The minimum absolute atomic E-state index is 0.477. The monoisotopic (exact) mass is 152 g/mol. The molecule has 1 aliphatic rings. The van der Waals surface area contributed by atoms with Gasteiger partial charge in [-0.15, -0.1) is 0 Å². The summed E-state index contributed by atoms with van der Waals surface area (Å²) in [5.74, 6) is 0. The van der Waals surface area contributed by atoms with E-state index in [9.17, 15) is 0 Å². The highest BCUT2D eigenvalue weighted by molar-refractivity contribution is 8.00. The van der Waals surface area contributed by atoms with E-state index in [0.717, 1.165) is 5.03 Å². The third-order valence-corrected chi connectivity index (χ3v) is 2.44. The third-order valence-electron chi connectivity index (χ3n) is 1.42. The van der Waals surface area contributed by atoms with E-state index in [2.05, 4.69) is 23.3 Å². The summed E-state index contributed by atoms with van der Waals surface area (Å²) in [7, 11) is 0. The van der Waals surface area contributed by atoms with Gasteiger partial charge in [-0.25, -0.2) is 4.98 Å². The van der Waals surface area contributed by atoms with Crippen molar-refractivity contribution in [3.8, 4) is 0 Å². The molecule has 1 aliphatic heterocycles. The van der Waals surface area contributed by atoms with Crippen LogP contribution in [0.25, 0.3) is 0 Å². The topological polar surface area (TPSA) is 24.9 Å². The predicted molar refractivity (Wildman–Crippen MR) is 43.2 cm³/mol. The number of fused-ring (bicyclic) bond motifs is 1. The van der Waals surface area contributed by atoms with Crippen LogP contribution in [0, 0.1) is 0 Å². The Morgan fingerprint density at radius 3 is 3.40 bits per heavy atom. The van der Waals surface area contributed by atoms with Crippen LogP contribution in [0.3, 0.4) is 0 Å². The van der Waals surface area contributed by atoms with Crippen LogP contribution in [0.5, 0.6) is 0 Å². The Balaban J connectivity index is 2.42. The van der Waals surface area contributed by atoms with Gasteiger partial charge < -0.3 is 5.32 Å². The molecule has 1 unspecified atom stereocenters. The first-order valence-electron chi connectivity index (χ1n) is 3.24. The predicted octanol–water partition coefficient (Wildman–Crippen LogP) is 1.95. The van der Waals surface area contributed by atoms with Crippen molar-refractivity contribution >= 4 is 17.4 Å². The molecule has 52 valence electrons. The van der Waals surface area contributed by atoms with Crippen molar-refractivity contribution in [3.05, 3.63) is 18.3 Å². The average Bonchev–Trinajstić information content (AvgIpc) is 2.27. The van der Waals surface area contributed by atoms with Gasteiger partial charge in [0.2, 0.25) is 0 Å². The summed E-state index contributed by atoms with van der Waals surface area (Å²) in [6, 6.07) is 4.00. The third kappa shape index (κ3) is 0.865. The standard InChI is InChI=1S/C7H8N2S/c1-5-9-6-3-2-4-8-7(6)10-5/h2-5,9H,1H3. The molecule has 0 bridgehead atoms. The molecule has 2 rings (SSSR count). The largest absolute Gasteiger partial charge is 0.371 e. The second-order valence-corrected chi connectivity index (χ2v) is 3.59. The summed E-state index contributed by atoms with van der Waals surface area (Å²) < 4.78 is 0. The van der Waals surface area contributed by atoms with E-state index in [0.29, 0.717) is 5.37 Å². The normalized spacial score (nSPS) is 21.9. The Kier molecular flexibility index (Phi) is 1.31. The summed E-state index contributed by atoms with van der Waals surface area (Å²) in [6.45, 7) is 2.13. The summed E-state index contributed by atoms with van der Waals surface area (Å²) in [5.41, 5.74) is 1.17. The first-order chi connectivity index (χ1) is 4.86. The van der Waals surface area contributed by atoms with Crippen molar-refractivity contribution in [3.63, 3.8) is 0 Å². The lowest BCUT2D eigenvalue weighted by Crippen LogP contribution is -2.02. The van der Waals surface area contributed by atoms with Crippen molar-refractivity contribution in [2.75, 3.05) is 5.32 Å². The van der Waals surface area contributed by atoms with Gasteiger partial charge >= 0.3 is 0 Å². The Morgan fingerprint density at radius 2 is 2.60 bits per heavy atom. The molecule has 0 saturated heterocycles. The van der Waals surface area contributed by atoms with Gasteiger partial charge in [-0.1, -0.05) is 11.8 Å². The molecule has 2 nitrogen and oxygen atoms in total. The van der Waals surface area contributed by atoms with Gasteiger partial charge in [0.15, 0.2) is 0 Å². The molecule has 1 aromatic heterocycles. The summed E-state index contributed by atoms with van der Waals surface area (Å²) >= 11 is 1.77. The Labute approximate surface area is 64.0 Å². The van der Waals surface area contributed by atoms with Crippen molar-refractivity contribution in [2.24, 2.45) is 0 Å². The van der Waals surface area contributed by atoms with Crippen molar-refractivity contribution < 1.29 is 0 Å². The highest BCUT2D eigenvalue weighted by Gasteiger charge is 2.16. The van der Waals surface area contributed by atoms with E-state index in [-0.39, 0.29) is 0 Å². The molecule has 2 heterocycles. The Hall–Kier alpha value is -0.700. The summed E-state index contributed by atoms with van der Waals surface area (Å²) in [5, 5.41) is 4.89. The molecule has 0 aliphatic carbocycles. The lowest BCUT2D eigenvalue weighted by atomic mass is 10.4. The average molecular weight is 152 g/mol. The van der Waals surface area contributed by atoms with Gasteiger partial charge in [-0.2, -0.15) is 0 Å². The number of hydrogen-bond acceptors (Lipinski definition) is 3. The van der Waals surface area contributed by atoms with E-state index < -0.39 is 0 Å².